The minimum Gasteiger partial charge on any atom is -0.496 e. The molecule has 0 radical (unpaired) electrons. The summed E-state index contributed by atoms with van der Waals surface area (Å²) in [5.41, 5.74) is 6.78. The molecular weight excluding hydrogens is 268 g/mol. The fourth-order valence-corrected chi connectivity index (χ4v) is 2.38. The summed E-state index contributed by atoms with van der Waals surface area (Å²) in [4.78, 5) is 0. The lowest BCUT2D eigenvalue weighted by molar-refractivity contribution is 0.405. The highest BCUT2D eigenvalue weighted by Crippen LogP contribution is 2.33. The Morgan fingerprint density at radius 1 is 0.909 bits per heavy atom. The number of rotatable bonds is 5. The summed E-state index contributed by atoms with van der Waals surface area (Å²) in [7, 11) is 1.78. The van der Waals surface area contributed by atoms with Crippen LogP contribution in [0.1, 0.15) is 65.2 Å². The first kappa shape index (κ1) is 18.5. The molecule has 22 heavy (non-hydrogen) atoms. The lowest BCUT2D eigenvalue weighted by Crippen LogP contribution is -2.13. The first-order chi connectivity index (χ1) is 10.1. The molecule has 1 heteroatoms. The van der Waals surface area contributed by atoms with Gasteiger partial charge in [-0.1, -0.05) is 56.2 Å². The van der Waals surface area contributed by atoms with Crippen LogP contribution in [-0.4, -0.2) is 7.11 Å². The van der Waals surface area contributed by atoms with E-state index >= 15 is 0 Å². The van der Waals surface area contributed by atoms with Crippen LogP contribution in [0, 0.1) is 0 Å². The summed E-state index contributed by atoms with van der Waals surface area (Å²) in [6, 6.07) is 4.62. The molecule has 0 saturated heterocycles. The predicted octanol–water partition coefficient (Wildman–Crippen LogP) is 6.01. The third-order valence-corrected chi connectivity index (χ3v) is 3.77. The molecular formula is C21H32O. The minimum absolute atomic E-state index is 0.145. The average Bonchev–Trinajstić information content (AvgIpc) is 2.40. The Labute approximate surface area is 137 Å². The zero-order chi connectivity index (χ0) is 16.9. The van der Waals surface area contributed by atoms with Gasteiger partial charge in [-0.05, 0) is 62.6 Å². The van der Waals surface area contributed by atoms with Crippen molar-refractivity contribution in [2.24, 2.45) is 0 Å². The predicted molar refractivity (Wildman–Crippen MR) is 98.0 cm³/mol. The van der Waals surface area contributed by atoms with Crippen molar-refractivity contribution in [2.45, 2.75) is 66.7 Å². The van der Waals surface area contributed by atoms with E-state index in [9.17, 15) is 0 Å². The maximum atomic E-state index is 5.75. The molecule has 0 unspecified atom stereocenters. The van der Waals surface area contributed by atoms with E-state index in [1.807, 2.05) is 0 Å². The van der Waals surface area contributed by atoms with Crippen LogP contribution < -0.4 is 4.74 Å². The number of ether oxygens (including phenoxy) is 1. The first-order valence-corrected chi connectivity index (χ1v) is 8.12. The standard InChI is InChI=1S/C21H32O/c1-15(2)9-11-17-13-19(21(5,6)7)14-18(20(17)22-8)12-10-16(3)4/h9-10,13-14H,11-12H2,1-8H3. The fraction of sp³-hybridized carbons (Fsp3) is 0.524. The van der Waals surface area contributed by atoms with Crippen LogP contribution in [0.25, 0.3) is 0 Å². The second-order valence-electron chi connectivity index (χ2n) is 7.55. The van der Waals surface area contributed by atoms with Gasteiger partial charge in [-0.3, -0.25) is 0 Å². The molecule has 0 amide bonds. The molecule has 0 atom stereocenters. The van der Waals surface area contributed by atoms with Crippen LogP contribution in [0.5, 0.6) is 5.75 Å². The van der Waals surface area contributed by atoms with Crippen molar-refractivity contribution in [2.75, 3.05) is 7.11 Å². The van der Waals surface area contributed by atoms with Crippen LogP contribution in [0.15, 0.2) is 35.4 Å². The third kappa shape index (κ3) is 5.36. The van der Waals surface area contributed by atoms with E-state index < -0.39 is 0 Å². The normalized spacial score (nSPS) is 11.1. The molecule has 0 heterocycles. The van der Waals surface area contributed by atoms with Crippen molar-refractivity contribution in [1.29, 1.82) is 0 Å². The Balaban J connectivity index is 3.42. The molecule has 0 bridgehead atoms. The average molecular weight is 300 g/mol. The monoisotopic (exact) mass is 300 g/mol. The van der Waals surface area contributed by atoms with Gasteiger partial charge >= 0.3 is 0 Å². The van der Waals surface area contributed by atoms with Crippen molar-refractivity contribution >= 4 is 0 Å². The summed E-state index contributed by atoms with van der Waals surface area (Å²) >= 11 is 0. The second-order valence-corrected chi connectivity index (χ2v) is 7.55. The first-order valence-electron chi connectivity index (χ1n) is 8.12. The fourth-order valence-electron chi connectivity index (χ4n) is 2.38. The zero-order valence-corrected chi connectivity index (χ0v) is 15.6. The van der Waals surface area contributed by atoms with E-state index in [0.717, 1.165) is 18.6 Å². The maximum Gasteiger partial charge on any atom is 0.125 e. The van der Waals surface area contributed by atoms with Gasteiger partial charge in [0.05, 0.1) is 7.11 Å². The highest BCUT2D eigenvalue weighted by atomic mass is 16.5. The number of benzene rings is 1. The number of allylic oxidation sites excluding steroid dienone is 4. The van der Waals surface area contributed by atoms with Gasteiger partial charge in [0.15, 0.2) is 0 Å². The molecule has 0 aliphatic rings. The highest BCUT2D eigenvalue weighted by Gasteiger charge is 2.18. The van der Waals surface area contributed by atoms with Gasteiger partial charge in [-0.25, -0.2) is 0 Å². The Bertz CT molecular complexity index is 519. The van der Waals surface area contributed by atoms with Crippen LogP contribution in [0.3, 0.4) is 0 Å². The van der Waals surface area contributed by atoms with Gasteiger partial charge in [0.2, 0.25) is 0 Å². The van der Waals surface area contributed by atoms with E-state index in [-0.39, 0.29) is 5.41 Å². The molecule has 0 aromatic heterocycles. The van der Waals surface area contributed by atoms with Crippen LogP contribution in [-0.2, 0) is 18.3 Å². The Kier molecular flexibility index (Phi) is 6.47. The van der Waals surface area contributed by atoms with E-state index in [4.69, 9.17) is 4.74 Å². The quantitative estimate of drug-likeness (QED) is 0.605. The molecule has 1 rings (SSSR count). The summed E-state index contributed by atoms with van der Waals surface area (Å²) in [6.45, 7) is 15.4. The van der Waals surface area contributed by atoms with Gasteiger partial charge in [-0.2, -0.15) is 0 Å². The molecule has 1 aromatic carbocycles. The SMILES string of the molecule is COc1c(CC=C(C)C)cc(C(C)(C)C)cc1CC=C(C)C. The number of hydrogen-bond donors (Lipinski definition) is 0. The Hall–Kier alpha value is -1.50. The molecule has 0 aliphatic heterocycles. The van der Waals surface area contributed by atoms with E-state index in [2.05, 4.69) is 72.8 Å². The molecule has 0 fully saturated rings. The Morgan fingerprint density at radius 3 is 1.59 bits per heavy atom. The van der Waals surface area contributed by atoms with Crippen molar-refractivity contribution in [3.63, 3.8) is 0 Å². The third-order valence-electron chi connectivity index (χ3n) is 3.77. The lowest BCUT2D eigenvalue weighted by atomic mass is 9.83. The van der Waals surface area contributed by atoms with Crippen molar-refractivity contribution < 1.29 is 4.74 Å². The van der Waals surface area contributed by atoms with Crippen molar-refractivity contribution in [1.82, 2.24) is 0 Å². The summed E-state index contributed by atoms with van der Waals surface area (Å²) in [5.74, 6) is 1.04. The summed E-state index contributed by atoms with van der Waals surface area (Å²) in [6.07, 6.45) is 6.40. The Morgan fingerprint density at radius 2 is 1.32 bits per heavy atom. The van der Waals surface area contributed by atoms with Gasteiger partial charge in [0, 0.05) is 0 Å². The molecule has 0 spiro atoms. The lowest BCUT2D eigenvalue weighted by Gasteiger charge is -2.23. The maximum absolute atomic E-state index is 5.75. The molecule has 1 aromatic rings. The van der Waals surface area contributed by atoms with E-state index in [0.29, 0.717) is 0 Å². The minimum atomic E-state index is 0.145. The highest BCUT2D eigenvalue weighted by molar-refractivity contribution is 5.48. The van der Waals surface area contributed by atoms with Crippen LogP contribution in [0.4, 0.5) is 0 Å². The van der Waals surface area contributed by atoms with Crippen molar-refractivity contribution in [3.05, 3.63) is 52.1 Å². The van der Waals surface area contributed by atoms with E-state index in [1.165, 1.54) is 27.8 Å². The van der Waals surface area contributed by atoms with Crippen molar-refractivity contribution in [3.8, 4) is 5.75 Å². The molecule has 122 valence electrons. The molecule has 1 nitrogen and oxygen atoms in total. The van der Waals surface area contributed by atoms with Gasteiger partial charge in [0.25, 0.3) is 0 Å². The summed E-state index contributed by atoms with van der Waals surface area (Å²) in [5, 5.41) is 0. The number of methoxy groups -OCH3 is 1. The topological polar surface area (TPSA) is 9.23 Å². The smallest absolute Gasteiger partial charge is 0.125 e. The van der Waals surface area contributed by atoms with E-state index in [1.54, 1.807) is 7.11 Å². The second kappa shape index (κ2) is 7.67. The largest absolute Gasteiger partial charge is 0.496 e. The van der Waals surface area contributed by atoms with Crippen LogP contribution >= 0.6 is 0 Å². The zero-order valence-electron chi connectivity index (χ0n) is 15.6. The van der Waals surface area contributed by atoms with Gasteiger partial charge < -0.3 is 4.74 Å². The molecule has 0 saturated carbocycles. The van der Waals surface area contributed by atoms with Gasteiger partial charge in [0.1, 0.15) is 5.75 Å². The molecule has 0 N–H and O–H groups in total. The number of hydrogen-bond acceptors (Lipinski definition) is 1. The summed E-state index contributed by atoms with van der Waals surface area (Å²) < 4.78 is 5.75. The van der Waals surface area contributed by atoms with Crippen LogP contribution in [0.2, 0.25) is 0 Å². The van der Waals surface area contributed by atoms with Gasteiger partial charge in [-0.15, -0.1) is 0 Å². The molecule has 0 aliphatic carbocycles.